The summed E-state index contributed by atoms with van der Waals surface area (Å²) in [6.45, 7) is -0.224. The molecule has 0 aliphatic heterocycles. The van der Waals surface area contributed by atoms with Crippen molar-refractivity contribution in [1.29, 1.82) is 0 Å². The summed E-state index contributed by atoms with van der Waals surface area (Å²) in [5.41, 5.74) is -0.213. The SMILES string of the molecule is O=C(Cn1ccn(-c2ccccc2)c(=O)c1=O)Nc1ccccc1. The summed E-state index contributed by atoms with van der Waals surface area (Å²) in [7, 11) is 0. The van der Waals surface area contributed by atoms with E-state index in [1.54, 1.807) is 48.5 Å². The van der Waals surface area contributed by atoms with Crippen molar-refractivity contribution in [3.8, 4) is 5.69 Å². The molecular weight excluding hydrogens is 306 g/mol. The van der Waals surface area contributed by atoms with Crippen LogP contribution in [0.5, 0.6) is 0 Å². The van der Waals surface area contributed by atoms with E-state index in [-0.39, 0.29) is 12.5 Å². The van der Waals surface area contributed by atoms with Crippen LogP contribution in [0.2, 0.25) is 0 Å². The molecule has 0 bridgehead atoms. The molecule has 0 aliphatic rings. The molecule has 0 saturated carbocycles. The average molecular weight is 321 g/mol. The maximum atomic E-state index is 12.2. The van der Waals surface area contributed by atoms with Crippen LogP contribution in [0, 0.1) is 0 Å². The molecule has 0 unspecified atom stereocenters. The Labute approximate surface area is 137 Å². The van der Waals surface area contributed by atoms with Crippen LogP contribution in [-0.4, -0.2) is 15.0 Å². The third kappa shape index (κ3) is 3.33. The number of para-hydroxylation sites is 2. The van der Waals surface area contributed by atoms with Crippen LogP contribution >= 0.6 is 0 Å². The van der Waals surface area contributed by atoms with Gasteiger partial charge in [0.1, 0.15) is 6.54 Å². The monoisotopic (exact) mass is 321 g/mol. The van der Waals surface area contributed by atoms with Crippen LogP contribution in [0.3, 0.4) is 0 Å². The normalized spacial score (nSPS) is 10.3. The van der Waals surface area contributed by atoms with E-state index in [1.807, 2.05) is 12.1 Å². The first kappa shape index (κ1) is 15.5. The second-order valence-electron chi connectivity index (χ2n) is 5.16. The molecule has 0 radical (unpaired) electrons. The first-order valence-corrected chi connectivity index (χ1v) is 7.37. The fourth-order valence-electron chi connectivity index (χ4n) is 2.30. The minimum absolute atomic E-state index is 0.224. The molecule has 0 aliphatic carbocycles. The smallest absolute Gasteiger partial charge is 0.320 e. The van der Waals surface area contributed by atoms with Gasteiger partial charge in [-0.2, -0.15) is 0 Å². The second kappa shape index (κ2) is 6.78. The van der Waals surface area contributed by atoms with Gasteiger partial charge in [-0.15, -0.1) is 0 Å². The molecule has 1 aromatic heterocycles. The van der Waals surface area contributed by atoms with Crippen molar-refractivity contribution in [2.45, 2.75) is 6.54 Å². The number of hydrogen-bond donors (Lipinski definition) is 1. The summed E-state index contributed by atoms with van der Waals surface area (Å²) in [6.07, 6.45) is 2.91. The van der Waals surface area contributed by atoms with Gasteiger partial charge in [-0.3, -0.25) is 23.5 Å². The van der Waals surface area contributed by atoms with Crippen LogP contribution < -0.4 is 16.4 Å². The van der Waals surface area contributed by atoms with Gasteiger partial charge < -0.3 is 5.32 Å². The highest BCUT2D eigenvalue weighted by atomic mass is 16.2. The largest absolute Gasteiger partial charge is 0.325 e. The lowest BCUT2D eigenvalue weighted by Crippen LogP contribution is -2.41. The number of carbonyl (C=O) groups excluding carboxylic acids is 1. The Morgan fingerprint density at radius 3 is 2.12 bits per heavy atom. The van der Waals surface area contributed by atoms with E-state index in [0.29, 0.717) is 11.4 Å². The molecule has 0 fully saturated rings. The summed E-state index contributed by atoms with van der Waals surface area (Å²) >= 11 is 0. The summed E-state index contributed by atoms with van der Waals surface area (Å²) in [4.78, 5) is 36.4. The van der Waals surface area contributed by atoms with Crippen molar-refractivity contribution in [1.82, 2.24) is 9.13 Å². The summed E-state index contributed by atoms with van der Waals surface area (Å²) in [5.74, 6) is -0.375. The number of amides is 1. The molecule has 1 N–H and O–H groups in total. The summed E-state index contributed by atoms with van der Waals surface area (Å²) in [5, 5.41) is 2.68. The van der Waals surface area contributed by atoms with Crippen LogP contribution in [0.1, 0.15) is 0 Å². The maximum Gasteiger partial charge on any atom is 0.320 e. The number of anilines is 1. The zero-order valence-corrected chi connectivity index (χ0v) is 12.8. The van der Waals surface area contributed by atoms with Crippen molar-refractivity contribution in [3.63, 3.8) is 0 Å². The van der Waals surface area contributed by atoms with Gasteiger partial charge in [0.2, 0.25) is 5.91 Å². The topological polar surface area (TPSA) is 73.1 Å². The Morgan fingerprint density at radius 1 is 0.833 bits per heavy atom. The number of rotatable bonds is 4. The van der Waals surface area contributed by atoms with Gasteiger partial charge in [0.05, 0.1) is 0 Å². The second-order valence-corrected chi connectivity index (χ2v) is 5.16. The van der Waals surface area contributed by atoms with Gasteiger partial charge in [0.25, 0.3) is 0 Å². The lowest BCUT2D eigenvalue weighted by Gasteiger charge is -2.09. The van der Waals surface area contributed by atoms with Gasteiger partial charge in [-0.1, -0.05) is 36.4 Å². The predicted octanol–water partition coefficient (Wildman–Crippen LogP) is 1.64. The van der Waals surface area contributed by atoms with Gasteiger partial charge >= 0.3 is 11.1 Å². The van der Waals surface area contributed by atoms with Crippen molar-refractivity contribution in [3.05, 3.63) is 93.8 Å². The minimum atomic E-state index is -0.746. The van der Waals surface area contributed by atoms with Gasteiger partial charge in [-0.25, -0.2) is 0 Å². The minimum Gasteiger partial charge on any atom is -0.325 e. The molecule has 24 heavy (non-hydrogen) atoms. The van der Waals surface area contributed by atoms with E-state index in [1.165, 1.54) is 17.0 Å². The quantitative estimate of drug-likeness (QED) is 0.743. The van der Waals surface area contributed by atoms with Crippen LogP contribution in [0.15, 0.2) is 82.6 Å². The summed E-state index contributed by atoms with van der Waals surface area (Å²) in [6, 6.07) is 17.8. The zero-order valence-electron chi connectivity index (χ0n) is 12.8. The first-order chi connectivity index (χ1) is 11.6. The van der Waals surface area contributed by atoms with Crippen LogP contribution in [-0.2, 0) is 11.3 Å². The number of benzene rings is 2. The van der Waals surface area contributed by atoms with Crippen molar-refractivity contribution >= 4 is 11.6 Å². The van der Waals surface area contributed by atoms with Crippen molar-refractivity contribution in [2.75, 3.05) is 5.32 Å². The Kier molecular flexibility index (Phi) is 4.38. The van der Waals surface area contributed by atoms with E-state index in [9.17, 15) is 14.4 Å². The molecule has 6 heteroatoms. The van der Waals surface area contributed by atoms with Gasteiger partial charge in [0, 0.05) is 23.8 Å². The van der Waals surface area contributed by atoms with E-state index in [4.69, 9.17) is 0 Å². The Morgan fingerprint density at radius 2 is 1.46 bits per heavy atom. The Hall–Kier alpha value is -3.41. The molecule has 2 aromatic carbocycles. The third-order valence-corrected chi connectivity index (χ3v) is 3.46. The molecular formula is C18H15N3O3. The molecule has 0 saturated heterocycles. The predicted molar refractivity (Wildman–Crippen MR) is 91.4 cm³/mol. The Bertz CT molecular complexity index is 960. The lowest BCUT2D eigenvalue weighted by atomic mass is 10.3. The molecule has 120 valence electrons. The molecule has 1 amide bonds. The molecule has 1 heterocycles. The van der Waals surface area contributed by atoms with Crippen molar-refractivity contribution in [2.24, 2.45) is 0 Å². The standard InChI is InChI=1S/C18H15N3O3/c22-16(19-14-7-3-1-4-8-14)13-20-11-12-21(18(24)17(20)23)15-9-5-2-6-10-15/h1-12H,13H2,(H,19,22). The Balaban J connectivity index is 1.83. The highest BCUT2D eigenvalue weighted by Crippen LogP contribution is 2.05. The van der Waals surface area contributed by atoms with E-state index >= 15 is 0 Å². The average Bonchev–Trinajstić information content (AvgIpc) is 2.61. The molecule has 0 spiro atoms. The van der Waals surface area contributed by atoms with E-state index in [2.05, 4.69) is 5.32 Å². The van der Waals surface area contributed by atoms with E-state index < -0.39 is 11.1 Å². The van der Waals surface area contributed by atoms with E-state index in [0.717, 1.165) is 4.57 Å². The van der Waals surface area contributed by atoms with Crippen LogP contribution in [0.25, 0.3) is 5.69 Å². The zero-order chi connectivity index (χ0) is 16.9. The highest BCUT2D eigenvalue weighted by Gasteiger charge is 2.10. The lowest BCUT2D eigenvalue weighted by molar-refractivity contribution is -0.116. The number of nitrogens with zero attached hydrogens (tertiary/aromatic N) is 2. The van der Waals surface area contributed by atoms with Gasteiger partial charge in [0.15, 0.2) is 0 Å². The number of carbonyl (C=O) groups is 1. The van der Waals surface area contributed by atoms with Crippen molar-refractivity contribution < 1.29 is 4.79 Å². The first-order valence-electron chi connectivity index (χ1n) is 7.37. The third-order valence-electron chi connectivity index (χ3n) is 3.46. The number of hydrogen-bond acceptors (Lipinski definition) is 3. The summed E-state index contributed by atoms with van der Waals surface area (Å²) < 4.78 is 2.36. The fourth-order valence-corrected chi connectivity index (χ4v) is 2.30. The molecule has 3 aromatic rings. The number of nitrogens with one attached hydrogen (secondary N) is 1. The highest BCUT2D eigenvalue weighted by molar-refractivity contribution is 5.90. The molecule has 3 rings (SSSR count). The molecule has 6 nitrogen and oxygen atoms in total. The van der Waals surface area contributed by atoms with Gasteiger partial charge in [-0.05, 0) is 24.3 Å². The van der Waals surface area contributed by atoms with Crippen LogP contribution in [0.4, 0.5) is 5.69 Å². The fraction of sp³-hybridized carbons (Fsp3) is 0.0556. The molecule has 0 atom stereocenters. The maximum absolute atomic E-state index is 12.2. The number of aromatic nitrogens is 2.